The van der Waals surface area contributed by atoms with Gasteiger partial charge in [0.1, 0.15) is 12.7 Å². The predicted molar refractivity (Wildman–Crippen MR) is 96.4 cm³/mol. The Balaban J connectivity index is 1.35. The molecule has 1 saturated heterocycles. The minimum Gasteiger partial charge on any atom is -0.312 e. The highest BCUT2D eigenvalue weighted by Crippen LogP contribution is 2.28. The van der Waals surface area contributed by atoms with E-state index in [1.807, 2.05) is 15.6 Å². The second-order valence-corrected chi connectivity index (χ2v) is 6.98. The van der Waals surface area contributed by atoms with Gasteiger partial charge in [-0.3, -0.25) is 14.4 Å². The summed E-state index contributed by atoms with van der Waals surface area (Å²) in [5, 5.41) is 4.23. The number of fused-ring (bicyclic) bond motifs is 1. The number of para-hydroxylation sites is 1. The summed E-state index contributed by atoms with van der Waals surface area (Å²) < 4.78 is 1.90. The smallest absolute Gasteiger partial charge is 0.228 e. The second-order valence-electron chi connectivity index (χ2n) is 6.98. The van der Waals surface area contributed by atoms with Crippen molar-refractivity contribution in [2.24, 2.45) is 0 Å². The highest BCUT2D eigenvalue weighted by Gasteiger charge is 2.27. The molecular weight excluding hydrogens is 314 g/mol. The molecule has 1 fully saturated rings. The van der Waals surface area contributed by atoms with Crippen LogP contribution in [0.2, 0.25) is 0 Å². The predicted octanol–water partition coefficient (Wildman–Crippen LogP) is 2.11. The summed E-state index contributed by atoms with van der Waals surface area (Å²) in [5.74, 6) is 0.245. The quantitative estimate of drug-likeness (QED) is 0.837. The van der Waals surface area contributed by atoms with E-state index in [1.54, 1.807) is 12.7 Å². The SMILES string of the molecule is O=C(CCN1CCCCC1Cn1cncn1)N1CCc2ccccc21. The molecule has 25 heavy (non-hydrogen) atoms. The fraction of sp³-hybridized carbons (Fsp3) is 0.526. The molecular formula is C19H25N5O. The number of carbonyl (C=O) groups is 1. The molecule has 1 atom stereocenters. The van der Waals surface area contributed by atoms with Gasteiger partial charge in [0.05, 0.1) is 6.54 Å². The molecule has 4 rings (SSSR count). The van der Waals surface area contributed by atoms with Gasteiger partial charge in [0.25, 0.3) is 0 Å². The van der Waals surface area contributed by atoms with Gasteiger partial charge < -0.3 is 4.90 Å². The third kappa shape index (κ3) is 3.58. The number of hydrogen-bond donors (Lipinski definition) is 0. The van der Waals surface area contributed by atoms with Crippen molar-refractivity contribution in [2.45, 2.75) is 44.7 Å². The molecule has 1 amide bonds. The standard InChI is InChI=1S/C19H25N5O/c25-19(24-12-8-16-5-1-2-7-18(16)24)9-11-22-10-4-3-6-17(22)13-23-15-20-14-21-23/h1-2,5,7,14-15,17H,3-4,6,8-13H2. The number of amides is 1. The van der Waals surface area contributed by atoms with Crippen LogP contribution >= 0.6 is 0 Å². The van der Waals surface area contributed by atoms with Crippen molar-refractivity contribution in [1.29, 1.82) is 0 Å². The molecule has 132 valence electrons. The first-order valence-electron chi connectivity index (χ1n) is 9.26. The summed E-state index contributed by atoms with van der Waals surface area (Å²) in [6, 6.07) is 8.71. The first-order valence-corrected chi connectivity index (χ1v) is 9.26. The Labute approximate surface area is 148 Å². The molecule has 1 unspecified atom stereocenters. The first-order chi connectivity index (χ1) is 12.3. The highest BCUT2D eigenvalue weighted by molar-refractivity contribution is 5.95. The van der Waals surface area contributed by atoms with Crippen molar-refractivity contribution in [2.75, 3.05) is 24.5 Å². The van der Waals surface area contributed by atoms with Gasteiger partial charge in [-0.05, 0) is 37.4 Å². The first kappa shape index (κ1) is 16.3. The van der Waals surface area contributed by atoms with Crippen molar-refractivity contribution < 1.29 is 4.79 Å². The lowest BCUT2D eigenvalue weighted by molar-refractivity contribution is -0.119. The van der Waals surface area contributed by atoms with Crippen LogP contribution in [0.3, 0.4) is 0 Å². The molecule has 6 heteroatoms. The average Bonchev–Trinajstić information content (AvgIpc) is 3.30. The summed E-state index contributed by atoms with van der Waals surface area (Å²) >= 11 is 0. The number of anilines is 1. The summed E-state index contributed by atoms with van der Waals surface area (Å²) in [7, 11) is 0. The Hall–Kier alpha value is -2.21. The molecule has 0 spiro atoms. The zero-order valence-corrected chi connectivity index (χ0v) is 14.5. The molecule has 1 aromatic carbocycles. The summed E-state index contributed by atoms with van der Waals surface area (Å²) in [6.45, 7) is 3.58. The Kier molecular flexibility index (Phi) is 4.78. The maximum absolute atomic E-state index is 12.7. The van der Waals surface area contributed by atoms with E-state index in [1.165, 1.54) is 24.8 Å². The minimum atomic E-state index is 0.245. The molecule has 2 aromatic rings. The maximum Gasteiger partial charge on any atom is 0.228 e. The fourth-order valence-corrected chi connectivity index (χ4v) is 4.08. The van der Waals surface area contributed by atoms with Crippen LogP contribution in [0.25, 0.3) is 0 Å². The van der Waals surface area contributed by atoms with Crippen LogP contribution in [0.1, 0.15) is 31.2 Å². The van der Waals surface area contributed by atoms with Crippen molar-refractivity contribution in [3.05, 3.63) is 42.5 Å². The van der Waals surface area contributed by atoms with E-state index < -0.39 is 0 Å². The average molecular weight is 339 g/mol. The van der Waals surface area contributed by atoms with Crippen molar-refractivity contribution in [3.8, 4) is 0 Å². The van der Waals surface area contributed by atoms with E-state index in [2.05, 4.69) is 33.2 Å². The maximum atomic E-state index is 12.7. The monoisotopic (exact) mass is 339 g/mol. The van der Waals surface area contributed by atoms with E-state index in [-0.39, 0.29) is 5.91 Å². The van der Waals surface area contributed by atoms with Crippen LogP contribution in [-0.2, 0) is 17.8 Å². The molecule has 0 radical (unpaired) electrons. The molecule has 3 heterocycles. The normalized spacial score (nSPS) is 20.6. The minimum absolute atomic E-state index is 0.245. The zero-order chi connectivity index (χ0) is 17.1. The van der Waals surface area contributed by atoms with E-state index in [0.717, 1.165) is 38.3 Å². The third-order valence-corrected chi connectivity index (χ3v) is 5.41. The Bertz CT molecular complexity index is 714. The number of nitrogens with zero attached hydrogens (tertiary/aromatic N) is 5. The Morgan fingerprint density at radius 3 is 3.00 bits per heavy atom. The van der Waals surface area contributed by atoms with E-state index in [9.17, 15) is 4.79 Å². The lowest BCUT2D eigenvalue weighted by atomic mass is 10.0. The number of rotatable bonds is 5. The number of hydrogen-bond acceptors (Lipinski definition) is 4. The summed E-state index contributed by atoms with van der Waals surface area (Å²) in [4.78, 5) is 21.2. The molecule has 0 saturated carbocycles. The number of benzene rings is 1. The Morgan fingerprint density at radius 1 is 1.20 bits per heavy atom. The van der Waals surface area contributed by atoms with Gasteiger partial charge in [-0.25, -0.2) is 4.98 Å². The van der Waals surface area contributed by atoms with Crippen molar-refractivity contribution >= 4 is 11.6 Å². The largest absolute Gasteiger partial charge is 0.312 e. The van der Waals surface area contributed by atoms with Crippen LogP contribution in [-0.4, -0.2) is 51.2 Å². The number of likely N-dealkylation sites (tertiary alicyclic amines) is 1. The van der Waals surface area contributed by atoms with Crippen molar-refractivity contribution in [1.82, 2.24) is 19.7 Å². The third-order valence-electron chi connectivity index (χ3n) is 5.41. The van der Waals surface area contributed by atoms with Gasteiger partial charge in [-0.15, -0.1) is 0 Å². The van der Waals surface area contributed by atoms with Gasteiger partial charge in [-0.2, -0.15) is 5.10 Å². The molecule has 2 aliphatic rings. The number of aromatic nitrogens is 3. The summed E-state index contributed by atoms with van der Waals surface area (Å²) in [6.07, 6.45) is 8.56. The van der Waals surface area contributed by atoms with E-state index >= 15 is 0 Å². The fourth-order valence-electron chi connectivity index (χ4n) is 4.08. The van der Waals surface area contributed by atoms with E-state index in [0.29, 0.717) is 12.5 Å². The number of piperidine rings is 1. The zero-order valence-electron chi connectivity index (χ0n) is 14.5. The van der Waals surface area contributed by atoms with Gasteiger partial charge in [0.15, 0.2) is 0 Å². The Morgan fingerprint density at radius 2 is 2.12 bits per heavy atom. The number of carbonyl (C=O) groups excluding carboxylic acids is 1. The van der Waals surface area contributed by atoms with Crippen molar-refractivity contribution in [3.63, 3.8) is 0 Å². The summed E-state index contributed by atoms with van der Waals surface area (Å²) in [5.41, 5.74) is 2.39. The molecule has 2 aliphatic heterocycles. The lowest BCUT2D eigenvalue weighted by Crippen LogP contribution is -2.44. The molecule has 1 aromatic heterocycles. The molecule has 0 N–H and O–H groups in total. The van der Waals surface area contributed by atoms with Crippen LogP contribution in [0.4, 0.5) is 5.69 Å². The molecule has 0 bridgehead atoms. The highest BCUT2D eigenvalue weighted by atomic mass is 16.2. The van der Waals surface area contributed by atoms with Crippen LogP contribution < -0.4 is 4.90 Å². The van der Waals surface area contributed by atoms with Gasteiger partial charge in [0, 0.05) is 31.2 Å². The lowest BCUT2D eigenvalue weighted by Gasteiger charge is -2.35. The topological polar surface area (TPSA) is 54.3 Å². The second kappa shape index (κ2) is 7.35. The molecule has 6 nitrogen and oxygen atoms in total. The van der Waals surface area contributed by atoms with E-state index in [4.69, 9.17) is 0 Å². The van der Waals surface area contributed by atoms with Gasteiger partial charge in [-0.1, -0.05) is 24.6 Å². The van der Waals surface area contributed by atoms with Crippen LogP contribution in [0.15, 0.2) is 36.9 Å². The van der Waals surface area contributed by atoms with Crippen LogP contribution in [0.5, 0.6) is 0 Å². The van der Waals surface area contributed by atoms with Gasteiger partial charge in [0.2, 0.25) is 5.91 Å². The van der Waals surface area contributed by atoms with Gasteiger partial charge >= 0.3 is 0 Å². The van der Waals surface area contributed by atoms with Crippen LogP contribution in [0, 0.1) is 0 Å². The molecule has 0 aliphatic carbocycles.